The first kappa shape index (κ1) is 18.4. The third kappa shape index (κ3) is 4.53. The maximum atomic E-state index is 12.9. The molecule has 5 nitrogen and oxygen atoms in total. The minimum absolute atomic E-state index is 0.0672. The Labute approximate surface area is 138 Å². The van der Waals surface area contributed by atoms with E-state index < -0.39 is 23.9 Å². The van der Waals surface area contributed by atoms with Crippen LogP contribution in [-0.2, 0) is 6.18 Å². The Kier molecular flexibility index (Phi) is 5.58. The first-order valence-electron chi connectivity index (χ1n) is 7.82. The van der Waals surface area contributed by atoms with E-state index in [1.165, 1.54) is 6.07 Å². The number of alkyl halides is 3. The standard InChI is InChI=1S/C16H22F3N3O2/c1-22(2)13-8-7-10(16(17,18)19)9-12(13)21-15(24)20-11-5-3-4-6-14(11)23/h7-9,11,14,23H,3-6H2,1-2H3,(H2,20,21,24)/t11-,14-/m0/s1. The van der Waals surface area contributed by atoms with Crippen molar-refractivity contribution >= 4 is 17.4 Å². The first-order valence-corrected chi connectivity index (χ1v) is 7.82. The predicted molar refractivity (Wildman–Crippen MR) is 86.2 cm³/mol. The number of anilines is 2. The van der Waals surface area contributed by atoms with E-state index in [0.717, 1.165) is 25.0 Å². The molecule has 1 fully saturated rings. The second-order valence-corrected chi connectivity index (χ2v) is 6.18. The van der Waals surface area contributed by atoms with Crippen molar-refractivity contribution < 1.29 is 23.1 Å². The summed E-state index contributed by atoms with van der Waals surface area (Å²) in [5.41, 5.74) is -0.305. The number of carbonyl (C=O) groups is 1. The summed E-state index contributed by atoms with van der Waals surface area (Å²) in [7, 11) is 3.35. The maximum Gasteiger partial charge on any atom is 0.416 e. The van der Waals surface area contributed by atoms with Gasteiger partial charge in [-0.3, -0.25) is 0 Å². The highest BCUT2D eigenvalue weighted by molar-refractivity contribution is 5.93. The van der Waals surface area contributed by atoms with Crippen LogP contribution in [0.5, 0.6) is 0 Å². The minimum Gasteiger partial charge on any atom is -0.391 e. The predicted octanol–water partition coefficient (Wildman–Crippen LogP) is 3.20. The average molecular weight is 345 g/mol. The number of urea groups is 1. The normalized spacial score (nSPS) is 21.2. The van der Waals surface area contributed by atoms with E-state index in [1.54, 1.807) is 19.0 Å². The molecule has 0 unspecified atom stereocenters. The second-order valence-electron chi connectivity index (χ2n) is 6.18. The zero-order valence-corrected chi connectivity index (χ0v) is 13.7. The van der Waals surface area contributed by atoms with E-state index in [2.05, 4.69) is 10.6 Å². The van der Waals surface area contributed by atoms with E-state index in [0.29, 0.717) is 18.5 Å². The Morgan fingerprint density at radius 2 is 1.92 bits per heavy atom. The van der Waals surface area contributed by atoms with Crippen LogP contribution in [0.2, 0.25) is 0 Å². The van der Waals surface area contributed by atoms with E-state index >= 15 is 0 Å². The smallest absolute Gasteiger partial charge is 0.391 e. The molecule has 24 heavy (non-hydrogen) atoms. The molecule has 0 bridgehead atoms. The van der Waals surface area contributed by atoms with E-state index in [4.69, 9.17) is 0 Å². The van der Waals surface area contributed by atoms with Gasteiger partial charge in [0.1, 0.15) is 0 Å². The molecule has 1 aliphatic carbocycles. The summed E-state index contributed by atoms with van der Waals surface area (Å²) in [5.74, 6) is 0. The van der Waals surface area contributed by atoms with Gasteiger partial charge in [0.15, 0.2) is 0 Å². The van der Waals surface area contributed by atoms with Gasteiger partial charge >= 0.3 is 12.2 Å². The van der Waals surface area contributed by atoms with E-state index in [9.17, 15) is 23.1 Å². The summed E-state index contributed by atoms with van der Waals surface area (Å²) >= 11 is 0. The molecule has 1 aromatic rings. The Balaban J connectivity index is 2.15. The SMILES string of the molecule is CN(C)c1ccc(C(F)(F)F)cc1NC(=O)N[C@H]1CCCC[C@@H]1O. The van der Waals surface area contributed by atoms with Gasteiger partial charge in [0.05, 0.1) is 29.1 Å². The number of rotatable bonds is 3. The summed E-state index contributed by atoms with van der Waals surface area (Å²) in [5, 5.41) is 15.0. The van der Waals surface area contributed by atoms with Crippen LogP contribution in [0.3, 0.4) is 0 Å². The molecule has 0 heterocycles. The number of aliphatic hydroxyl groups is 1. The van der Waals surface area contributed by atoms with Gasteiger partial charge in [0.2, 0.25) is 0 Å². The Bertz CT molecular complexity index is 590. The molecule has 3 N–H and O–H groups in total. The number of hydrogen-bond donors (Lipinski definition) is 3. The number of nitrogens with zero attached hydrogens (tertiary/aromatic N) is 1. The van der Waals surface area contributed by atoms with Crippen molar-refractivity contribution in [2.45, 2.75) is 44.0 Å². The molecule has 1 saturated carbocycles. The van der Waals surface area contributed by atoms with Crippen LogP contribution in [0.4, 0.5) is 29.3 Å². The van der Waals surface area contributed by atoms with Crippen LogP contribution < -0.4 is 15.5 Å². The first-order chi connectivity index (χ1) is 11.2. The van der Waals surface area contributed by atoms with E-state index in [-0.39, 0.29) is 11.7 Å². The molecule has 0 saturated heterocycles. The lowest BCUT2D eigenvalue weighted by Gasteiger charge is -2.28. The van der Waals surface area contributed by atoms with Crippen molar-refractivity contribution in [3.8, 4) is 0 Å². The van der Waals surface area contributed by atoms with Crippen molar-refractivity contribution in [1.82, 2.24) is 5.32 Å². The number of benzene rings is 1. The van der Waals surface area contributed by atoms with Crippen LogP contribution in [0.15, 0.2) is 18.2 Å². The summed E-state index contributed by atoms with van der Waals surface area (Å²) in [4.78, 5) is 13.7. The molecular formula is C16H22F3N3O2. The lowest BCUT2D eigenvalue weighted by atomic mass is 9.93. The Morgan fingerprint density at radius 1 is 1.25 bits per heavy atom. The Hall–Kier alpha value is -1.96. The largest absolute Gasteiger partial charge is 0.416 e. The third-order valence-electron chi connectivity index (χ3n) is 4.10. The number of amides is 2. The van der Waals surface area contributed by atoms with Gasteiger partial charge in [0, 0.05) is 14.1 Å². The number of nitrogens with one attached hydrogen (secondary N) is 2. The highest BCUT2D eigenvalue weighted by Gasteiger charge is 2.31. The fourth-order valence-corrected chi connectivity index (χ4v) is 2.81. The van der Waals surface area contributed by atoms with Gasteiger partial charge in [-0.1, -0.05) is 12.8 Å². The van der Waals surface area contributed by atoms with Crippen molar-refractivity contribution in [3.63, 3.8) is 0 Å². The monoisotopic (exact) mass is 345 g/mol. The van der Waals surface area contributed by atoms with Crippen LogP contribution in [-0.4, -0.2) is 37.4 Å². The summed E-state index contributed by atoms with van der Waals surface area (Å²) in [6.45, 7) is 0. The van der Waals surface area contributed by atoms with Crippen LogP contribution in [0.1, 0.15) is 31.2 Å². The van der Waals surface area contributed by atoms with Gasteiger partial charge in [-0.05, 0) is 31.0 Å². The molecule has 1 aliphatic rings. The molecule has 1 aromatic carbocycles. The van der Waals surface area contributed by atoms with Gasteiger partial charge < -0.3 is 20.6 Å². The number of carbonyl (C=O) groups excluding carboxylic acids is 1. The average Bonchev–Trinajstić information content (AvgIpc) is 2.48. The topological polar surface area (TPSA) is 64.6 Å². The fourth-order valence-electron chi connectivity index (χ4n) is 2.81. The highest BCUT2D eigenvalue weighted by Crippen LogP contribution is 2.34. The van der Waals surface area contributed by atoms with Crippen LogP contribution in [0, 0.1) is 0 Å². The third-order valence-corrected chi connectivity index (χ3v) is 4.10. The zero-order valence-electron chi connectivity index (χ0n) is 13.7. The molecule has 0 spiro atoms. The molecule has 2 atom stereocenters. The molecular weight excluding hydrogens is 323 g/mol. The van der Waals surface area contributed by atoms with Crippen molar-refractivity contribution in [2.75, 3.05) is 24.3 Å². The molecule has 0 aliphatic heterocycles. The molecule has 8 heteroatoms. The van der Waals surface area contributed by atoms with E-state index in [1.807, 2.05) is 0 Å². The summed E-state index contributed by atoms with van der Waals surface area (Å²) < 4.78 is 38.7. The lowest BCUT2D eigenvalue weighted by molar-refractivity contribution is -0.137. The van der Waals surface area contributed by atoms with Gasteiger partial charge in [0.25, 0.3) is 0 Å². The van der Waals surface area contributed by atoms with Crippen LogP contribution >= 0.6 is 0 Å². The number of aliphatic hydroxyl groups excluding tert-OH is 1. The van der Waals surface area contributed by atoms with Crippen molar-refractivity contribution in [2.24, 2.45) is 0 Å². The molecule has 2 rings (SSSR count). The zero-order chi connectivity index (χ0) is 17.9. The summed E-state index contributed by atoms with van der Waals surface area (Å²) in [6, 6.07) is 2.19. The van der Waals surface area contributed by atoms with Crippen molar-refractivity contribution in [1.29, 1.82) is 0 Å². The summed E-state index contributed by atoms with van der Waals surface area (Å²) in [6.07, 6.45) is -2.06. The maximum absolute atomic E-state index is 12.9. The Morgan fingerprint density at radius 3 is 2.50 bits per heavy atom. The number of halogens is 3. The quantitative estimate of drug-likeness (QED) is 0.788. The minimum atomic E-state index is -4.49. The van der Waals surface area contributed by atoms with Crippen molar-refractivity contribution in [3.05, 3.63) is 23.8 Å². The lowest BCUT2D eigenvalue weighted by Crippen LogP contribution is -2.46. The second kappa shape index (κ2) is 7.29. The van der Waals surface area contributed by atoms with Crippen LogP contribution in [0.25, 0.3) is 0 Å². The van der Waals surface area contributed by atoms with Gasteiger partial charge in [-0.15, -0.1) is 0 Å². The molecule has 134 valence electrons. The number of hydrogen-bond acceptors (Lipinski definition) is 3. The molecule has 2 amide bonds. The molecule has 0 aromatic heterocycles. The fraction of sp³-hybridized carbons (Fsp3) is 0.562. The highest BCUT2D eigenvalue weighted by atomic mass is 19.4. The van der Waals surface area contributed by atoms with Gasteiger partial charge in [-0.2, -0.15) is 13.2 Å². The molecule has 0 radical (unpaired) electrons. The van der Waals surface area contributed by atoms with Gasteiger partial charge in [-0.25, -0.2) is 4.79 Å².